The lowest BCUT2D eigenvalue weighted by Crippen LogP contribution is -2.58. The molecule has 0 saturated carbocycles. The average Bonchev–Trinajstić information content (AvgIpc) is 3.00. The predicted molar refractivity (Wildman–Crippen MR) is 172 cm³/mol. The van der Waals surface area contributed by atoms with Crippen LogP contribution in [0.4, 0.5) is 0 Å². The fraction of sp³-hybridized carbons (Fsp3) is 0.400. The molecule has 45 heavy (non-hydrogen) atoms. The van der Waals surface area contributed by atoms with Gasteiger partial charge in [0.05, 0.1) is 6.04 Å². The van der Waals surface area contributed by atoms with Crippen LogP contribution in [-0.2, 0) is 32.0 Å². The summed E-state index contributed by atoms with van der Waals surface area (Å²) in [6.45, 7) is 0.475. The number of nitrogens with two attached hydrogens (primary N) is 5. The topological polar surface area (TPSA) is 279 Å². The van der Waals surface area contributed by atoms with Crippen molar-refractivity contribution in [2.24, 2.45) is 38.7 Å². The third-order valence-corrected chi connectivity index (χ3v) is 6.70. The van der Waals surface area contributed by atoms with Crippen LogP contribution in [0.15, 0.2) is 70.6 Å². The molecule has 0 radical (unpaired) electrons. The molecule has 0 heterocycles. The number of guanidine groups is 2. The predicted octanol–water partition coefficient (Wildman–Crippen LogP) is -1.55. The van der Waals surface area contributed by atoms with Gasteiger partial charge in [0.25, 0.3) is 0 Å². The number of aliphatic carboxylic acids is 1. The Morgan fingerprint density at radius 1 is 0.622 bits per heavy atom. The normalized spacial score (nSPS) is 13.3. The van der Waals surface area contributed by atoms with Gasteiger partial charge in [-0.05, 0) is 36.8 Å². The Labute approximate surface area is 262 Å². The SMILES string of the molecule is NC(N)=NCCCC(N)C(=O)NC(Cc1ccccc1)C(=O)NC(Cc1ccccc1)C(=O)NC(CCCN=C(N)N)C(=O)O. The summed E-state index contributed by atoms with van der Waals surface area (Å²) in [6.07, 6.45) is 1.23. The van der Waals surface area contributed by atoms with Gasteiger partial charge in [-0.3, -0.25) is 24.4 Å². The Kier molecular flexibility index (Phi) is 15.3. The Morgan fingerprint density at radius 3 is 1.44 bits per heavy atom. The number of nitrogens with one attached hydrogen (secondary N) is 3. The maximum Gasteiger partial charge on any atom is 0.326 e. The summed E-state index contributed by atoms with van der Waals surface area (Å²) in [5.74, 6) is -3.35. The van der Waals surface area contributed by atoms with Crippen LogP contribution in [0.2, 0.25) is 0 Å². The summed E-state index contributed by atoms with van der Waals surface area (Å²) in [5.41, 5.74) is 28.9. The molecular formula is C30H44N10O5. The Balaban J connectivity index is 2.24. The smallest absolute Gasteiger partial charge is 0.326 e. The minimum absolute atomic E-state index is 0.0532. The molecule has 0 bridgehead atoms. The number of carboxylic acids is 1. The molecule has 244 valence electrons. The van der Waals surface area contributed by atoms with E-state index in [9.17, 15) is 24.3 Å². The molecular weight excluding hydrogens is 580 g/mol. The third-order valence-electron chi connectivity index (χ3n) is 6.70. The number of aliphatic imine (C=N–C) groups is 2. The Bertz CT molecular complexity index is 1300. The van der Waals surface area contributed by atoms with Gasteiger partial charge >= 0.3 is 5.97 Å². The largest absolute Gasteiger partial charge is 0.480 e. The van der Waals surface area contributed by atoms with Crippen molar-refractivity contribution in [3.05, 3.63) is 71.8 Å². The van der Waals surface area contributed by atoms with Crippen LogP contribution < -0.4 is 44.6 Å². The van der Waals surface area contributed by atoms with Gasteiger partial charge in [-0.15, -0.1) is 0 Å². The highest BCUT2D eigenvalue weighted by molar-refractivity contribution is 5.94. The van der Waals surface area contributed by atoms with Gasteiger partial charge in [0.1, 0.15) is 18.1 Å². The molecule has 2 aromatic carbocycles. The number of hydrogen-bond acceptors (Lipinski definition) is 7. The summed E-state index contributed by atoms with van der Waals surface area (Å²) < 4.78 is 0. The number of amides is 3. The zero-order valence-corrected chi connectivity index (χ0v) is 25.1. The summed E-state index contributed by atoms with van der Waals surface area (Å²) >= 11 is 0. The van der Waals surface area contributed by atoms with E-state index >= 15 is 0 Å². The van der Waals surface area contributed by atoms with Gasteiger partial charge in [0, 0.05) is 25.9 Å². The van der Waals surface area contributed by atoms with Gasteiger partial charge in [-0.1, -0.05) is 60.7 Å². The zero-order valence-electron chi connectivity index (χ0n) is 25.1. The summed E-state index contributed by atoms with van der Waals surface area (Å²) in [7, 11) is 0. The lowest BCUT2D eigenvalue weighted by atomic mass is 10.0. The molecule has 3 amide bonds. The van der Waals surface area contributed by atoms with Crippen LogP contribution in [0.25, 0.3) is 0 Å². The second-order valence-electron chi connectivity index (χ2n) is 10.4. The molecule has 0 spiro atoms. The van der Waals surface area contributed by atoms with E-state index in [4.69, 9.17) is 28.7 Å². The first-order valence-electron chi connectivity index (χ1n) is 14.5. The number of nitrogens with zero attached hydrogens (tertiary/aromatic N) is 2. The van der Waals surface area contributed by atoms with Crippen molar-refractivity contribution >= 4 is 35.6 Å². The molecule has 0 aliphatic heterocycles. The second kappa shape index (κ2) is 19.2. The van der Waals surface area contributed by atoms with Crippen molar-refractivity contribution in [1.82, 2.24) is 16.0 Å². The van der Waals surface area contributed by atoms with Crippen molar-refractivity contribution in [3.63, 3.8) is 0 Å². The number of carbonyl (C=O) groups is 4. The number of carboxylic acid groups (broad SMARTS) is 1. The molecule has 4 unspecified atom stereocenters. The Hall–Kier alpha value is -5.18. The summed E-state index contributed by atoms with van der Waals surface area (Å²) in [4.78, 5) is 59.8. The van der Waals surface area contributed by atoms with Crippen LogP contribution in [-0.4, -0.2) is 78.0 Å². The molecule has 14 N–H and O–H groups in total. The van der Waals surface area contributed by atoms with E-state index in [0.717, 1.165) is 11.1 Å². The number of hydrogen-bond donors (Lipinski definition) is 9. The summed E-state index contributed by atoms with van der Waals surface area (Å²) in [5, 5.41) is 17.7. The number of carbonyl (C=O) groups excluding carboxylic acids is 3. The molecule has 0 fully saturated rings. The first-order chi connectivity index (χ1) is 21.5. The number of benzene rings is 2. The van der Waals surface area contributed by atoms with E-state index in [1.807, 2.05) is 6.07 Å². The van der Waals surface area contributed by atoms with Crippen molar-refractivity contribution in [3.8, 4) is 0 Å². The molecule has 0 aliphatic rings. The molecule has 15 nitrogen and oxygen atoms in total. The Morgan fingerprint density at radius 2 is 1.02 bits per heavy atom. The van der Waals surface area contributed by atoms with Crippen molar-refractivity contribution < 1.29 is 24.3 Å². The van der Waals surface area contributed by atoms with E-state index in [-0.39, 0.29) is 44.1 Å². The maximum atomic E-state index is 13.7. The van der Waals surface area contributed by atoms with Crippen LogP contribution in [0.1, 0.15) is 36.8 Å². The van der Waals surface area contributed by atoms with Crippen molar-refractivity contribution in [2.75, 3.05) is 13.1 Å². The van der Waals surface area contributed by atoms with Crippen LogP contribution >= 0.6 is 0 Å². The highest BCUT2D eigenvalue weighted by Gasteiger charge is 2.30. The van der Waals surface area contributed by atoms with Crippen LogP contribution in [0.5, 0.6) is 0 Å². The summed E-state index contributed by atoms with van der Waals surface area (Å²) in [6, 6.07) is 13.5. The first-order valence-corrected chi connectivity index (χ1v) is 14.5. The maximum absolute atomic E-state index is 13.7. The quantitative estimate of drug-likeness (QED) is 0.0492. The second-order valence-corrected chi connectivity index (χ2v) is 10.4. The van der Waals surface area contributed by atoms with Gasteiger partial charge in [-0.2, -0.15) is 0 Å². The molecule has 0 aliphatic carbocycles. The molecule has 4 atom stereocenters. The van der Waals surface area contributed by atoms with Crippen LogP contribution in [0.3, 0.4) is 0 Å². The monoisotopic (exact) mass is 624 g/mol. The van der Waals surface area contributed by atoms with E-state index < -0.39 is 47.9 Å². The average molecular weight is 625 g/mol. The van der Waals surface area contributed by atoms with Crippen molar-refractivity contribution in [1.29, 1.82) is 0 Å². The minimum atomic E-state index is -1.25. The number of rotatable bonds is 19. The molecule has 0 saturated heterocycles. The van der Waals surface area contributed by atoms with Crippen molar-refractivity contribution in [2.45, 2.75) is 62.7 Å². The van der Waals surface area contributed by atoms with E-state index in [1.54, 1.807) is 54.6 Å². The van der Waals surface area contributed by atoms with E-state index in [0.29, 0.717) is 19.4 Å². The standard InChI is InChI=1S/C30H44N10O5/c31-21(13-7-15-36-29(32)33)25(41)39-23(17-19-9-3-1-4-10-19)27(43)40-24(18-20-11-5-2-6-12-20)26(42)38-22(28(44)45)14-8-16-37-30(34)35/h1-6,9-12,21-24H,7-8,13-18,31H2,(H,38,42)(H,39,41)(H,40,43)(H,44,45)(H4,32,33,36)(H4,34,35,37). The van der Waals surface area contributed by atoms with E-state index in [2.05, 4.69) is 25.9 Å². The molecule has 2 rings (SSSR count). The van der Waals surface area contributed by atoms with Crippen LogP contribution in [0, 0.1) is 0 Å². The first kappa shape index (κ1) is 36.0. The molecule has 0 aromatic heterocycles. The van der Waals surface area contributed by atoms with E-state index in [1.165, 1.54) is 0 Å². The van der Waals surface area contributed by atoms with Gasteiger partial charge in [0.15, 0.2) is 11.9 Å². The lowest BCUT2D eigenvalue weighted by Gasteiger charge is -2.25. The van der Waals surface area contributed by atoms with Gasteiger partial charge in [0.2, 0.25) is 17.7 Å². The fourth-order valence-electron chi connectivity index (χ4n) is 4.35. The van der Waals surface area contributed by atoms with Gasteiger partial charge < -0.3 is 49.7 Å². The molecule has 2 aromatic rings. The zero-order chi connectivity index (χ0) is 33.2. The molecule has 15 heteroatoms. The highest BCUT2D eigenvalue weighted by atomic mass is 16.4. The fourth-order valence-corrected chi connectivity index (χ4v) is 4.35. The highest BCUT2D eigenvalue weighted by Crippen LogP contribution is 2.09. The third kappa shape index (κ3) is 14.2. The minimum Gasteiger partial charge on any atom is -0.480 e. The lowest BCUT2D eigenvalue weighted by molar-refractivity contribution is -0.142. The van der Waals surface area contributed by atoms with Gasteiger partial charge in [-0.25, -0.2) is 4.79 Å².